The van der Waals surface area contributed by atoms with Crippen molar-refractivity contribution in [3.63, 3.8) is 0 Å². The molecule has 2 heterocycles. The second-order valence-corrected chi connectivity index (χ2v) is 30.8. The molecular formula is C78H72N4O16Si2. The van der Waals surface area contributed by atoms with E-state index in [1.807, 2.05) is 76.2 Å². The Labute approximate surface area is 579 Å². The topological polar surface area (TPSA) is 225 Å². The number of carbonyl (C=O) groups is 6. The average Bonchev–Trinajstić information content (AvgIpc) is 0.671. The number of fused-ring (bicyclic) bond motifs is 2. The summed E-state index contributed by atoms with van der Waals surface area (Å²) in [5, 5.41) is 7.83. The van der Waals surface area contributed by atoms with Crippen molar-refractivity contribution in [3.05, 3.63) is 238 Å². The summed E-state index contributed by atoms with van der Waals surface area (Å²) in [6.07, 6.45) is 0. The summed E-state index contributed by atoms with van der Waals surface area (Å²) in [4.78, 5) is 97.9. The van der Waals surface area contributed by atoms with Crippen molar-refractivity contribution in [2.75, 3.05) is 55.7 Å². The molecule has 20 nitrogen and oxygen atoms in total. The van der Waals surface area contributed by atoms with Crippen molar-refractivity contribution in [2.24, 2.45) is 0 Å². The molecule has 0 radical (unpaired) electrons. The molecule has 13 rings (SSSR count). The Hall–Kier alpha value is -10.7. The molecule has 2 unspecified atom stereocenters. The van der Waals surface area contributed by atoms with Crippen LogP contribution in [0.15, 0.2) is 182 Å². The predicted octanol–water partition coefficient (Wildman–Crippen LogP) is 14.8. The first-order valence-electron chi connectivity index (χ1n) is 32.4. The molecule has 0 spiro atoms. The minimum absolute atomic E-state index is 0.0176. The van der Waals surface area contributed by atoms with Crippen LogP contribution >= 0.6 is 0 Å². The normalized spacial score (nSPS) is 13.7. The molecule has 0 aliphatic carbocycles. The van der Waals surface area contributed by atoms with Gasteiger partial charge in [0.05, 0.1) is 22.3 Å². The number of benzene rings is 11. The molecule has 11 aromatic carbocycles. The molecule has 22 heteroatoms. The third kappa shape index (κ3) is 12.4. The van der Waals surface area contributed by atoms with Crippen LogP contribution in [0.3, 0.4) is 0 Å². The van der Waals surface area contributed by atoms with Gasteiger partial charge in [0.15, 0.2) is 0 Å². The number of carbonyl (C=O) groups excluding carboxylic acids is 6. The van der Waals surface area contributed by atoms with E-state index >= 15 is 28.8 Å². The maximum Gasteiger partial charge on any atom is 0.501 e. The Bertz CT molecular complexity index is 4440. The maximum absolute atomic E-state index is 16.4. The van der Waals surface area contributed by atoms with Crippen LogP contribution < -0.4 is 29.6 Å². The lowest BCUT2D eigenvalue weighted by molar-refractivity contribution is -0.125. The zero-order valence-corrected chi connectivity index (χ0v) is 58.7. The van der Waals surface area contributed by atoms with E-state index in [9.17, 15) is 0 Å². The van der Waals surface area contributed by atoms with Crippen LogP contribution in [0.2, 0.25) is 12.1 Å². The minimum atomic E-state index is -3.25. The minimum Gasteiger partial charge on any atom is -0.457 e. The highest BCUT2D eigenvalue weighted by Crippen LogP contribution is 2.58. The van der Waals surface area contributed by atoms with E-state index in [2.05, 4.69) is 10.6 Å². The number of amides is 6. The van der Waals surface area contributed by atoms with E-state index in [0.29, 0.717) is 34.1 Å². The van der Waals surface area contributed by atoms with Gasteiger partial charge in [-0.25, -0.2) is 0 Å². The van der Waals surface area contributed by atoms with Gasteiger partial charge in [0.2, 0.25) is 11.8 Å². The Morgan fingerprint density at radius 3 is 0.810 bits per heavy atom. The van der Waals surface area contributed by atoms with E-state index in [0.717, 1.165) is 32.1 Å². The van der Waals surface area contributed by atoms with E-state index < -0.39 is 65.1 Å². The van der Waals surface area contributed by atoms with Crippen molar-refractivity contribution in [3.8, 4) is 46.0 Å². The SMILES string of the molecule is CO[Si](CCNC(=O)C(c1ccccc1)N1C(=O)c2cc(Oc3ccc(C)cc3)c3c4c(Oc5ccc(C)cc5)cc5c6c(cc(Oc7ccc(C)cc7)c(c7c(Oc8ccc(C)cc8)cc(c2c37)C1=O)c64)C(=O)N(C(C(=O)NCC[Si](OC)(OC)OC)c1ccccc1)C5=O)(OC)OC. The largest absolute Gasteiger partial charge is 0.501 e. The summed E-state index contributed by atoms with van der Waals surface area (Å²) in [6, 6.07) is 49.7. The molecule has 508 valence electrons. The molecular weight excluding hydrogens is 1310 g/mol. The van der Waals surface area contributed by atoms with Gasteiger partial charge < -0.3 is 56.1 Å². The maximum atomic E-state index is 16.4. The first-order chi connectivity index (χ1) is 48.4. The molecule has 2 aliphatic heterocycles. The summed E-state index contributed by atoms with van der Waals surface area (Å²) in [6.45, 7) is 7.70. The smallest absolute Gasteiger partial charge is 0.457 e. The van der Waals surface area contributed by atoms with Crippen LogP contribution in [-0.2, 0) is 36.1 Å². The van der Waals surface area contributed by atoms with Gasteiger partial charge in [-0.15, -0.1) is 0 Å². The van der Waals surface area contributed by atoms with Crippen LogP contribution in [0.25, 0.3) is 43.1 Å². The van der Waals surface area contributed by atoms with Crippen LogP contribution in [-0.4, -0.2) is 119 Å². The highest BCUT2D eigenvalue weighted by molar-refractivity contribution is 6.61. The van der Waals surface area contributed by atoms with E-state index in [-0.39, 0.29) is 114 Å². The molecule has 100 heavy (non-hydrogen) atoms. The van der Waals surface area contributed by atoms with Crippen molar-refractivity contribution >= 4 is 96.1 Å². The summed E-state index contributed by atoms with van der Waals surface area (Å²) in [5.74, 6) is -3.14. The van der Waals surface area contributed by atoms with Gasteiger partial charge in [-0.05, 0) is 112 Å². The lowest BCUT2D eigenvalue weighted by Gasteiger charge is -2.36. The fourth-order valence-electron chi connectivity index (χ4n) is 13.4. The van der Waals surface area contributed by atoms with Crippen molar-refractivity contribution in [1.82, 2.24) is 20.4 Å². The second-order valence-electron chi connectivity index (χ2n) is 24.6. The first-order valence-corrected chi connectivity index (χ1v) is 36.3. The highest BCUT2D eigenvalue weighted by atomic mass is 28.4. The third-order valence-corrected chi connectivity index (χ3v) is 24.0. The number of hydrogen-bond donors (Lipinski definition) is 2. The standard InChI is InChI=1S/C78H72N4O16Si2/c1-45-21-29-51(30-22-45)95-59-41-55-63-56(76(86)81(75(55)85)71(49-17-13-11-14-18-49)73(83)79-37-39-99(89-5,90-6)91-7)43-61(97-53-33-25-47(3)26-34-53)67-68-62(98-54-35-27-48(4)28-36-54)44-58-64-57(42-60(66(70(64)68)65(59)69(63)67)96-52-31-23-46(2)24-32-52)77(87)82(78(58)88)72(50-19-15-12-16-20-50)74(84)80-38-40-100(92-8,93-9)94-10/h11-36,41-44,71-72H,37-40H2,1-10H3,(H,79,83)(H,80,84). The average molecular weight is 1380 g/mol. The Morgan fingerprint density at radius 2 is 0.580 bits per heavy atom. The van der Waals surface area contributed by atoms with Gasteiger partial charge in [0.1, 0.15) is 58.1 Å². The number of nitrogens with zero attached hydrogens (tertiary/aromatic N) is 2. The number of imide groups is 2. The molecule has 2 aliphatic rings. The summed E-state index contributed by atoms with van der Waals surface area (Å²) in [7, 11) is 2.28. The molecule has 0 saturated carbocycles. The lowest BCUT2D eigenvalue weighted by atomic mass is 9.80. The number of ether oxygens (including phenoxy) is 4. The molecule has 0 bridgehead atoms. The number of rotatable bonds is 26. The molecule has 6 amide bonds. The van der Waals surface area contributed by atoms with Crippen LogP contribution in [0, 0.1) is 27.7 Å². The predicted molar refractivity (Wildman–Crippen MR) is 381 cm³/mol. The van der Waals surface area contributed by atoms with Gasteiger partial charge in [0.25, 0.3) is 23.6 Å². The summed E-state index contributed by atoms with van der Waals surface area (Å²) < 4.78 is 62.9. The highest BCUT2D eigenvalue weighted by Gasteiger charge is 2.48. The first kappa shape index (κ1) is 67.9. The Kier molecular flexibility index (Phi) is 19.0. The number of hydrogen-bond acceptors (Lipinski definition) is 16. The second kappa shape index (κ2) is 27.9. The summed E-state index contributed by atoms with van der Waals surface area (Å²) >= 11 is 0. The van der Waals surface area contributed by atoms with Gasteiger partial charge in [-0.3, -0.25) is 38.6 Å². The Balaban J connectivity index is 1.15. The monoisotopic (exact) mass is 1380 g/mol. The molecule has 11 aromatic rings. The van der Waals surface area contributed by atoms with Gasteiger partial charge in [-0.1, -0.05) is 131 Å². The lowest BCUT2D eigenvalue weighted by Crippen LogP contribution is -2.50. The van der Waals surface area contributed by atoms with E-state index in [1.165, 1.54) is 42.7 Å². The van der Waals surface area contributed by atoms with Crippen molar-refractivity contribution < 1.29 is 74.3 Å². The van der Waals surface area contributed by atoms with Crippen molar-refractivity contribution in [2.45, 2.75) is 51.9 Å². The third-order valence-electron chi connectivity index (χ3n) is 18.5. The van der Waals surface area contributed by atoms with Gasteiger partial charge >= 0.3 is 17.6 Å². The zero-order valence-electron chi connectivity index (χ0n) is 56.7. The van der Waals surface area contributed by atoms with Gasteiger partial charge in [-0.2, -0.15) is 0 Å². The quantitative estimate of drug-likeness (QED) is 0.0222. The van der Waals surface area contributed by atoms with E-state index in [1.54, 1.807) is 133 Å². The molecule has 2 N–H and O–H groups in total. The number of aryl methyl sites for hydroxylation is 4. The van der Waals surface area contributed by atoms with Crippen LogP contribution in [0.1, 0.15) is 86.9 Å². The van der Waals surface area contributed by atoms with Crippen LogP contribution in [0.4, 0.5) is 0 Å². The Morgan fingerprint density at radius 1 is 0.340 bits per heavy atom. The number of nitrogens with one attached hydrogen (secondary N) is 2. The van der Waals surface area contributed by atoms with Gasteiger partial charge in [0, 0.05) is 111 Å². The zero-order chi connectivity index (χ0) is 70.3. The van der Waals surface area contributed by atoms with Crippen LogP contribution in [0.5, 0.6) is 46.0 Å². The molecule has 0 saturated heterocycles. The summed E-state index contributed by atoms with van der Waals surface area (Å²) in [5.41, 5.74) is 4.22. The van der Waals surface area contributed by atoms with Crippen molar-refractivity contribution in [1.29, 1.82) is 0 Å². The van der Waals surface area contributed by atoms with E-state index in [4.69, 9.17) is 45.5 Å². The fraction of sp³-hybridized carbons (Fsp3) is 0.205. The molecule has 2 atom stereocenters. The fourth-order valence-corrected chi connectivity index (χ4v) is 16.4. The molecule has 0 aromatic heterocycles. The molecule has 0 fully saturated rings.